The molecule has 0 aliphatic carbocycles. The van der Waals surface area contributed by atoms with Gasteiger partial charge in [-0.05, 0) is 69.2 Å². The molecule has 0 saturated heterocycles. The van der Waals surface area contributed by atoms with E-state index in [4.69, 9.17) is 0 Å². The molecule has 1 aliphatic rings. The van der Waals surface area contributed by atoms with Crippen LogP contribution < -0.4 is 33.4 Å². The van der Waals surface area contributed by atoms with Crippen LogP contribution in [0.4, 0.5) is 5.69 Å². The van der Waals surface area contributed by atoms with Gasteiger partial charge >= 0.3 is 0 Å². The van der Waals surface area contributed by atoms with E-state index >= 15 is 0 Å². The van der Waals surface area contributed by atoms with Crippen LogP contribution in [0.5, 0.6) is 0 Å². The lowest BCUT2D eigenvalue weighted by molar-refractivity contribution is -0.669. The highest BCUT2D eigenvalue weighted by Crippen LogP contribution is 2.35. The SMILES string of the molecule is CCN1C(C)=C/C(=C/C=C/c2cc(C)c3ccccc3[n+]2CC)c2ccccc21.[I-].c1ccc2ncccc2c1. The van der Waals surface area contributed by atoms with Crippen LogP contribution in [-0.4, -0.2) is 11.5 Å². The van der Waals surface area contributed by atoms with Gasteiger partial charge in [0.25, 0.3) is 0 Å². The topological polar surface area (TPSA) is 20.0 Å². The average Bonchev–Trinajstić information content (AvgIpc) is 2.98. The van der Waals surface area contributed by atoms with Crippen molar-refractivity contribution >= 4 is 39.1 Å². The van der Waals surface area contributed by atoms with E-state index in [2.05, 4.69) is 133 Å². The van der Waals surface area contributed by atoms with Crippen molar-refractivity contribution in [2.45, 2.75) is 34.2 Å². The van der Waals surface area contributed by atoms with Gasteiger partial charge in [0.05, 0.1) is 5.52 Å². The number of pyridine rings is 2. The van der Waals surface area contributed by atoms with Gasteiger partial charge in [0, 0.05) is 58.7 Å². The zero-order chi connectivity index (χ0) is 27.2. The summed E-state index contributed by atoms with van der Waals surface area (Å²) in [5, 5.41) is 2.52. The van der Waals surface area contributed by atoms with E-state index in [0.717, 1.165) is 18.6 Å². The number of aromatic nitrogens is 2. The summed E-state index contributed by atoms with van der Waals surface area (Å²) in [7, 11) is 0. The highest BCUT2D eigenvalue weighted by molar-refractivity contribution is 5.88. The highest BCUT2D eigenvalue weighted by Gasteiger charge is 2.18. The lowest BCUT2D eigenvalue weighted by Crippen LogP contribution is -3.00. The molecule has 0 spiro atoms. The third-order valence-electron chi connectivity index (χ3n) is 7.28. The largest absolute Gasteiger partial charge is 1.00 e. The van der Waals surface area contributed by atoms with Gasteiger partial charge in [-0.15, -0.1) is 0 Å². The van der Waals surface area contributed by atoms with E-state index in [0.29, 0.717) is 0 Å². The van der Waals surface area contributed by atoms with E-state index in [1.165, 1.54) is 50.1 Å². The zero-order valence-corrected chi connectivity index (χ0v) is 25.8. The van der Waals surface area contributed by atoms with Gasteiger partial charge in [-0.25, -0.2) is 0 Å². The van der Waals surface area contributed by atoms with Gasteiger partial charge in [0.15, 0.2) is 0 Å². The Morgan fingerprint density at radius 3 is 2.38 bits per heavy atom. The molecule has 0 unspecified atom stereocenters. The van der Waals surface area contributed by atoms with Crippen molar-refractivity contribution in [3.8, 4) is 0 Å². The standard InChI is InChI=1S/C27H29N2.C9H7N.HI/c1-5-28-21(4)19-22(25-15-8-10-17-27(25)28)12-11-13-23-18-20(3)24-14-7-9-16-26(24)29(23)6-2;1-2-6-9-8(4-1)5-3-7-10-9;/h7-19H,5-6H2,1-4H3;1-7H;1H/q+1;;/p-1. The normalized spacial score (nSPS) is 13.6. The molecule has 5 aromatic rings. The number of hydrogen-bond acceptors (Lipinski definition) is 2. The maximum atomic E-state index is 4.18. The van der Waals surface area contributed by atoms with E-state index in [9.17, 15) is 0 Å². The number of allylic oxidation sites excluding steroid dienone is 5. The number of aryl methyl sites for hydroxylation is 2. The molecule has 0 bridgehead atoms. The summed E-state index contributed by atoms with van der Waals surface area (Å²) < 4.78 is 2.38. The number of anilines is 1. The minimum atomic E-state index is 0. The molecule has 0 saturated carbocycles. The second-order valence-electron chi connectivity index (χ2n) is 9.74. The molecule has 3 aromatic carbocycles. The van der Waals surface area contributed by atoms with Gasteiger partial charge in [-0.1, -0.05) is 66.7 Å². The first-order valence-corrected chi connectivity index (χ1v) is 13.8. The van der Waals surface area contributed by atoms with Gasteiger partial charge in [0.2, 0.25) is 11.2 Å². The van der Waals surface area contributed by atoms with E-state index in [1.807, 2.05) is 30.5 Å². The Kier molecular flexibility index (Phi) is 9.88. The van der Waals surface area contributed by atoms with Crippen molar-refractivity contribution in [2.75, 3.05) is 11.4 Å². The maximum Gasteiger partial charge on any atom is 0.213 e. The van der Waals surface area contributed by atoms with Crippen LogP contribution in [0, 0.1) is 6.92 Å². The quantitative estimate of drug-likeness (QED) is 0.191. The molecule has 202 valence electrons. The Hall–Kier alpha value is -3.77. The Bertz CT molecular complexity index is 1650. The monoisotopic (exact) mass is 637 g/mol. The molecule has 3 heterocycles. The van der Waals surface area contributed by atoms with Crippen LogP contribution >= 0.6 is 0 Å². The number of nitrogens with zero attached hydrogens (tertiary/aromatic N) is 3. The Morgan fingerprint density at radius 2 is 1.57 bits per heavy atom. The molecule has 0 atom stereocenters. The summed E-state index contributed by atoms with van der Waals surface area (Å²) in [6, 6.07) is 31.7. The molecule has 40 heavy (non-hydrogen) atoms. The molecule has 0 fully saturated rings. The van der Waals surface area contributed by atoms with Crippen LogP contribution in [0.2, 0.25) is 0 Å². The summed E-state index contributed by atoms with van der Waals surface area (Å²) in [4.78, 5) is 6.55. The minimum Gasteiger partial charge on any atom is -1.00 e. The van der Waals surface area contributed by atoms with Crippen LogP contribution in [0.25, 0.3) is 33.5 Å². The van der Waals surface area contributed by atoms with Crippen molar-refractivity contribution < 1.29 is 28.5 Å². The Labute approximate surface area is 255 Å². The van der Waals surface area contributed by atoms with Crippen molar-refractivity contribution in [1.82, 2.24) is 4.98 Å². The molecular formula is C36H36IN3. The minimum absolute atomic E-state index is 0. The molecule has 4 heteroatoms. The van der Waals surface area contributed by atoms with Crippen molar-refractivity contribution in [3.63, 3.8) is 0 Å². The molecule has 0 radical (unpaired) electrons. The van der Waals surface area contributed by atoms with Crippen LogP contribution in [-0.2, 0) is 6.54 Å². The molecule has 1 aliphatic heterocycles. The molecule has 2 aromatic heterocycles. The average molecular weight is 638 g/mol. The van der Waals surface area contributed by atoms with Gasteiger partial charge in [-0.2, -0.15) is 4.57 Å². The van der Waals surface area contributed by atoms with Crippen molar-refractivity contribution in [1.29, 1.82) is 0 Å². The molecule has 3 nitrogen and oxygen atoms in total. The number of hydrogen-bond donors (Lipinski definition) is 0. The number of rotatable bonds is 4. The van der Waals surface area contributed by atoms with Crippen LogP contribution in [0.3, 0.4) is 0 Å². The molecule has 0 N–H and O–H groups in total. The Morgan fingerprint density at radius 1 is 0.850 bits per heavy atom. The summed E-state index contributed by atoms with van der Waals surface area (Å²) in [6.45, 7) is 10.7. The van der Waals surface area contributed by atoms with Crippen molar-refractivity contribution in [3.05, 3.63) is 138 Å². The first kappa shape index (κ1) is 29.2. The second kappa shape index (κ2) is 13.5. The van der Waals surface area contributed by atoms with Gasteiger partial charge in [-0.3, -0.25) is 4.98 Å². The molecule has 6 rings (SSSR count). The van der Waals surface area contributed by atoms with E-state index < -0.39 is 0 Å². The second-order valence-corrected chi connectivity index (χ2v) is 9.74. The van der Waals surface area contributed by atoms with Gasteiger partial charge < -0.3 is 28.9 Å². The molecular weight excluding hydrogens is 601 g/mol. The number of fused-ring (bicyclic) bond motifs is 3. The number of halogens is 1. The predicted molar refractivity (Wildman–Crippen MR) is 167 cm³/mol. The molecule has 0 amide bonds. The fourth-order valence-corrected chi connectivity index (χ4v) is 5.40. The maximum absolute atomic E-state index is 4.18. The first-order chi connectivity index (χ1) is 19.1. The smallest absolute Gasteiger partial charge is 0.213 e. The first-order valence-electron chi connectivity index (χ1n) is 13.8. The number of para-hydroxylation sites is 3. The highest BCUT2D eigenvalue weighted by atomic mass is 127. The lowest BCUT2D eigenvalue weighted by atomic mass is 9.97. The van der Waals surface area contributed by atoms with E-state index in [1.54, 1.807) is 0 Å². The van der Waals surface area contributed by atoms with Crippen LogP contribution in [0.15, 0.2) is 121 Å². The fourth-order valence-electron chi connectivity index (χ4n) is 5.40. The summed E-state index contributed by atoms with van der Waals surface area (Å²) >= 11 is 0. The summed E-state index contributed by atoms with van der Waals surface area (Å²) in [5.74, 6) is 0. The zero-order valence-electron chi connectivity index (χ0n) is 23.7. The predicted octanol–water partition coefficient (Wildman–Crippen LogP) is 5.53. The third kappa shape index (κ3) is 6.18. The lowest BCUT2D eigenvalue weighted by Gasteiger charge is -2.31. The summed E-state index contributed by atoms with van der Waals surface area (Å²) in [6.07, 6.45) is 10.7. The number of benzene rings is 3. The summed E-state index contributed by atoms with van der Waals surface area (Å²) in [5.41, 5.74) is 10.0. The van der Waals surface area contributed by atoms with Gasteiger partial charge in [0.1, 0.15) is 6.54 Å². The third-order valence-corrected chi connectivity index (χ3v) is 7.28. The fraction of sp³-hybridized carbons (Fsp3) is 0.167. The van der Waals surface area contributed by atoms with Crippen LogP contribution in [0.1, 0.15) is 37.6 Å². The Balaban J connectivity index is 0.000000282. The van der Waals surface area contributed by atoms with Crippen molar-refractivity contribution in [2.24, 2.45) is 0 Å². The van der Waals surface area contributed by atoms with E-state index in [-0.39, 0.29) is 24.0 Å².